The highest BCUT2D eigenvalue weighted by atomic mass is 32.2. The molecule has 0 spiro atoms. The van der Waals surface area contributed by atoms with Gasteiger partial charge in [0.05, 0.1) is 6.61 Å². The monoisotopic (exact) mass is 220 g/mol. The van der Waals surface area contributed by atoms with Crippen LogP contribution < -0.4 is 0 Å². The van der Waals surface area contributed by atoms with Gasteiger partial charge >= 0.3 is 5.97 Å². The second kappa shape index (κ2) is 8.19. The van der Waals surface area contributed by atoms with Crippen molar-refractivity contribution in [2.75, 3.05) is 18.1 Å². The predicted octanol–water partition coefficient (Wildman–Crippen LogP) is 1.30. The van der Waals surface area contributed by atoms with Gasteiger partial charge < -0.3 is 4.74 Å². The van der Waals surface area contributed by atoms with Crippen molar-refractivity contribution in [3.05, 3.63) is 11.5 Å². The van der Waals surface area contributed by atoms with Gasteiger partial charge in [-0.3, -0.25) is 4.79 Å². The van der Waals surface area contributed by atoms with Crippen LogP contribution in [0.15, 0.2) is 11.5 Å². The summed E-state index contributed by atoms with van der Waals surface area (Å²) in [4.78, 5) is 21.7. The summed E-state index contributed by atoms with van der Waals surface area (Å²) in [6, 6.07) is 0. The number of thiol groups is 1. The lowest BCUT2D eigenvalue weighted by Gasteiger charge is -1.95. The third kappa shape index (κ3) is 6.72. The molecule has 74 valence electrons. The van der Waals surface area contributed by atoms with E-state index >= 15 is 0 Å². The first kappa shape index (κ1) is 12.6. The van der Waals surface area contributed by atoms with Crippen LogP contribution in [0.25, 0.3) is 0 Å². The molecule has 3 nitrogen and oxygen atoms in total. The Labute approximate surface area is 87.3 Å². The number of thioether (sulfide) groups is 1. The van der Waals surface area contributed by atoms with Gasteiger partial charge in [0, 0.05) is 5.75 Å². The summed E-state index contributed by atoms with van der Waals surface area (Å²) in [5.41, 5.74) is 0. The van der Waals surface area contributed by atoms with E-state index in [1.165, 1.54) is 17.8 Å². The van der Waals surface area contributed by atoms with Crippen molar-refractivity contribution in [3.8, 4) is 0 Å². The Kier molecular flexibility index (Phi) is 7.93. The predicted molar refractivity (Wildman–Crippen MR) is 57.1 cm³/mol. The highest BCUT2D eigenvalue weighted by molar-refractivity contribution is 8.02. The minimum absolute atomic E-state index is 0.224. The third-order valence-corrected chi connectivity index (χ3v) is 2.30. The maximum absolute atomic E-state index is 10.9. The molecule has 0 bridgehead atoms. The molecule has 0 fully saturated rings. The number of hydrogen-bond donors (Lipinski definition) is 1. The molecule has 0 saturated carbocycles. The normalized spacial score (nSPS) is 10.3. The summed E-state index contributed by atoms with van der Waals surface area (Å²) in [5.74, 6) is 0.136. The number of carbonyl (C=O) groups excluding carboxylic acids is 2. The molecule has 0 heterocycles. The van der Waals surface area contributed by atoms with Crippen LogP contribution in [0.5, 0.6) is 0 Å². The number of hydrogen-bond acceptors (Lipinski definition) is 5. The van der Waals surface area contributed by atoms with Crippen molar-refractivity contribution in [2.24, 2.45) is 0 Å². The second-order valence-electron chi connectivity index (χ2n) is 1.98. The Bertz CT molecular complexity index is 202. The Balaban J connectivity index is 3.72. The fraction of sp³-hybridized carbons (Fsp3) is 0.500. The molecule has 0 saturated heterocycles. The first-order valence-electron chi connectivity index (χ1n) is 3.82. The second-order valence-corrected chi connectivity index (χ2v) is 3.44. The number of ether oxygens (including phenoxy) is 1. The van der Waals surface area contributed by atoms with Crippen molar-refractivity contribution >= 4 is 36.1 Å². The standard InChI is InChI=1S/C8H12O3S2/c1-2-11-8(10)7(9)3-5-13-6-4-12/h3,5,12H,2,4,6H2,1H3/b5-3-. The zero-order valence-electron chi connectivity index (χ0n) is 7.36. The molecule has 0 radical (unpaired) electrons. The summed E-state index contributed by atoms with van der Waals surface area (Å²) in [6.45, 7) is 1.88. The van der Waals surface area contributed by atoms with Gasteiger partial charge in [-0.2, -0.15) is 12.6 Å². The lowest BCUT2D eigenvalue weighted by molar-refractivity contribution is -0.151. The Morgan fingerprint density at radius 2 is 2.23 bits per heavy atom. The highest BCUT2D eigenvalue weighted by Gasteiger charge is 2.09. The third-order valence-electron chi connectivity index (χ3n) is 1.00. The van der Waals surface area contributed by atoms with E-state index in [1.54, 1.807) is 12.3 Å². The summed E-state index contributed by atoms with van der Waals surface area (Å²) in [7, 11) is 0. The van der Waals surface area contributed by atoms with Crippen LogP contribution in [0.3, 0.4) is 0 Å². The van der Waals surface area contributed by atoms with Crippen LogP contribution in [0.1, 0.15) is 6.92 Å². The zero-order chi connectivity index (χ0) is 10.1. The van der Waals surface area contributed by atoms with E-state index in [2.05, 4.69) is 17.4 Å². The molecule has 0 aliphatic carbocycles. The SMILES string of the molecule is CCOC(=O)C(=O)/C=C\SCCS. The van der Waals surface area contributed by atoms with E-state index in [9.17, 15) is 9.59 Å². The van der Waals surface area contributed by atoms with Crippen LogP contribution in [0, 0.1) is 0 Å². The highest BCUT2D eigenvalue weighted by Crippen LogP contribution is 2.02. The van der Waals surface area contributed by atoms with Gasteiger partial charge in [0.2, 0.25) is 0 Å². The molecule has 0 aromatic heterocycles. The largest absolute Gasteiger partial charge is 0.460 e. The van der Waals surface area contributed by atoms with E-state index in [0.29, 0.717) is 0 Å². The molecule has 0 unspecified atom stereocenters. The van der Waals surface area contributed by atoms with Gasteiger partial charge in [-0.25, -0.2) is 4.79 Å². The molecular weight excluding hydrogens is 208 g/mol. The van der Waals surface area contributed by atoms with Gasteiger partial charge in [-0.1, -0.05) is 0 Å². The Morgan fingerprint density at radius 3 is 2.77 bits per heavy atom. The van der Waals surface area contributed by atoms with Crippen molar-refractivity contribution in [3.63, 3.8) is 0 Å². The van der Waals surface area contributed by atoms with Crippen LogP contribution in [-0.4, -0.2) is 29.9 Å². The number of carbonyl (C=O) groups is 2. The van der Waals surface area contributed by atoms with E-state index in [1.807, 2.05) is 0 Å². The van der Waals surface area contributed by atoms with Gasteiger partial charge in [0.25, 0.3) is 5.78 Å². The maximum Gasteiger partial charge on any atom is 0.379 e. The van der Waals surface area contributed by atoms with E-state index in [-0.39, 0.29) is 6.61 Å². The van der Waals surface area contributed by atoms with Crippen LogP contribution in [0.2, 0.25) is 0 Å². The number of rotatable bonds is 6. The molecule has 5 heteroatoms. The average Bonchev–Trinajstić information content (AvgIpc) is 2.12. The molecular formula is C8H12O3S2. The summed E-state index contributed by atoms with van der Waals surface area (Å²) in [6.07, 6.45) is 1.21. The van der Waals surface area contributed by atoms with Gasteiger partial charge in [-0.05, 0) is 24.2 Å². The van der Waals surface area contributed by atoms with Gasteiger partial charge in [0.15, 0.2) is 0 Å². The average molecular weight is 220 g/mol. The molecule has 0 N–H and O–H groups in total. The number of ketones is 1. The lowest BCUT2D eigenvalue weighted by atomic mass is 10.4. The van der Waals surface area contributed by atoms with E-state index < -0.39 is 11.8 Å². The van der Waals surface area contributed by atoms with Crippen molar-refractivity contribution < 1.29 is 14.3 Å². The van der Waals surface area contributed by atoms with Gasteiger partial charge in [-0.15, -0.1) is 11.8 Å². The molecule has 0 rings (SSSR count). The zero-order valence-corrected chi connectivity index (χ0v) is 9.07. The minimum Gasteiger partial charge on any atom is -0.460 e. The summed E-state index contributed by atoms with van der Waals surface area (Å²) >= 11 is 5.42. The smallest absolute Gasteiger partial charge is 0.379 e. The fourth-order valence-electron chi connectivity index (χ4n) is 0.501. The van der Waals surface area contributed by atoms with Crippen molar-refractivity contribution in [2.45, 2.75) is 6.92 Å². The first-order valence-corrected chi connectivity index (χ1v) is 5.50. The lowest BCUT2D eigenvalue weighted by Crippen LogP contribution is -2.14. The first-order chi connectivity index (χ1) is 6.22. The molecule has 0 aromatic rings. The Morgan fingerprint density at radius 1 is 1.54 bits per heavy atom. The molecule has 0 atom stereocenters. The van der Waals surface area contributed by atoms with Crippen LogP contribution >= 0.6 is 24.4 Å². The van der Waals surface area contributed by atoms with Gasteiger partial charge in [0.1, 0.15) is 0 Å². The number of esters is 1. The molecule has 0 aliphatic heterocycles. The van der Waals surface area contributed by atoms with E-state index in [4.69, 9.17) is 0 Å². The molecule has 0 aromatic carbocycles. The minimum atomic E-state index is -0.801. The van der Waals surface area contributed by atoms with Crippen molar-refractivity contribution in [1.82, 2.24) is 0 Å². The summed E-state index contributed by atoms with van der Waals surface area (Å²) in [5, 5.41) is 1.58. The quantitative estimate of drug-likeness (QED) is 0.241. The van der Waals surface area contributed by atoms with Crippen LogP contribution in [0.4, 0.5) is 0 Å². The topological polar surface area (TPSA) is 43.4 Å². The fourth-order valence-corrected chi connectivity index (χ4v) is 1.28. The summed E-state index contributed by atoms with van der Waals surface area (Å²) < 4.78 is 4.50. The maximum atomic E-state index is 10.9. The Hall–Kier alpha value is -0.420. The van der Waals surface area contributed by atoms with Crippen LogP contribution in [-0.2, 0) is 14.3 Å². The molecule has 0 amide bonds. The molecule has 0 aliphatic rings. The van der Waals surface area contributed by atoms with Crippen molar-refractivity contribution in [1.29, 1.82) is 0 Å². The molecule has 13 heavy (non-hydrogen) atoms. The van der Waals surface area contributed by atoms with E-state index in [0.717, 1.165) is 11.5 Å².